The number of fused-ring (bicyclic) bond motifs is 1. The van der Waals surface area contributed by atoms with Crippen LogP contribution < -0.4 is 5.32 Å². The number of nitrogens with one attached hydrogen (secondary N) is 1. The van der Waals surface area contributed by atoms with Gasteiger partial charge in [-0.05, 0) is 50.3 Å². The van der Waals surface area contributed by atoms with Crippen molar-refractivity contribution in [2.45, 2.75) is 32.6 Å². The third-order valence-electron chi connectivity index (χ3n) is 4.54. The van der Waals surface area contributed by atoms with E-state index in [4.69, 9.17) is 9.47 Å². The Morgan fingerprint density at radius 2 is 1.70 bits per heavy atom. The molecule has 2 aromatic rings. The summed E-state index contributed by atoms with van der Waals surface area (Å²) in [5.74, 6) is -4.30. The normalized spacial score (nSPS) is 12.7. The topological polar surface area (TPSA) is 142 Å². The Labute approximate surface area is 175 Å². The maximum Gasteiger partial charge on any atom is 0.341 e. The second-order valence-electron chi connectivity index (χ2n) is 6.62. The van der Waals surface area contributed by atoms with E-state index < -0.39 is 41.7 Å². The molecule has 4 N–H and O–H groups in total. The number of amides is 1. The van der Waals surface area contributed by atoms with Crippen LogP contribution in [0.2, 0.25) is 0 Å². The number of rotatable bonds is 6. The molecule has 1 amide bonds. The lowest BCUT2D eigenvalue weighted by Gasteiger charge is -2.12. The summed E-state index contributed by atoms with van der Waals surface area (Å²) in [5.41, 5.74) is 1.01. The summed E-state index contributed by atoms with van der Waals surface area (Å²) in [4.78, 5) is 37.8. The van der Waals surface area contributed by atoms with Crippen molar-refractivity contribution in [3.8, 4) is 17.2 Å². The van der Waals surface area contributed by atoms with Crippen LogP contribution in [0, 0.1) is 0 Å². The molecular weight excluding hydrogens is 414 g/mol. The molecule has 1 aliphatic rings. The number of aromatic hydroxyl groups is 3. The number of esters is 2. The van der Waals surface area contributed by atoms with Crippen LogP contribution in [-0.2, 0) is 27.1 Å². The predicted octanol–water partition coefficient (Wildman–Crippen LogP) is 2.72. The van der Waals surface area contributed by atoms with Crippen LogP contribution in [0.25, 0.3) is 0 Å². The number of carbonyl (C=O) groups excluding carboxylic acids is 3. The molecule has 3 rings (SSSR count). The van der Waals surface area contributed by atoms with E-state index in [0.29, 0.717) is 10.6 Å². The van der Waals surface area contributed by atoms with Gasteiger partial charge in [0.05, 0.1) is 17.7 Å². The Hall–Kier alpha value is -3.27. The fourth-order valence-electron chi connectivity index (χ4n) is 3.17. The summed E-state index contributed by atoms with van der Waals surface area (Å²) in [7, 11) is 0. The summed E-state index contributed by atoms with van der Waals surface area (Å²) in [6.45, 7) is 1.26. The van der Waals surface area contributed by atoms with Crippen molar-refractivity contribution in [1.82, 2.24) is 0 Å². The van der Waals surface area contributed by atoms with E-state index in [1.165, 1.54) is 11.3 Å². The molecule has 0 atom stereocenters. The van der Waals surface area contributed by atoms with Crippen LogP contribution in [0.3, 0.4) is 0 Å². The first-order valence-corrected chi connectivity index (χ1v) is 10.2. The molecule has 9 nitrogen and oxygen atoms in total. The van der Waals surface area contributed by atoms with E-state index in [2.05, 4.69) is 5.32 Å². The van der Waals surface area contributed by atoms with Crippen molar-refractivity contribution in [2.24, 2.45) is 0 Å². The molecular formula is C20H21NO8S. The highest BCUT2D eigenvalue weighted by Gasteiger charge is 2.27. The Morgan fingerprint density at radius 1 is 1.03 bits per heavy atom. The van der Waals surface area contributed by atoms with Crippen LogP contribution in [0.4, 0.5) is 5.00 Å². The van der Waals surface area contributed by atoms with E-state index in [1.54, 1.807) is 6.92 Å². The highest BCUT2D eigenvalue weighted by Crippen LogP contribution is 2.39. The molecule has 0 radical (unpaired) electrons. The molecule has 0 bridgehead atoms. The van der Waals surface area contributed by atoms with Gasteiger partial charge in [-0.1, -0.05) is 0 Å². The van der Waals surface area contributed by atoms with Gasteiger partial charge in [0.15, 0.2) is 23.9 Å². The van der Waals surface area contributed by atoms with Crippen LogP contribution in [0.5, 0.6) is 17.2 Å². The molecule has 1 heterocycles. The van der Waals surface area contributed by atoms with Crippen molar-refractivity contribution in [1.29, 1.82) is 0 Å². The second-order valence-corrected chi connectivity index (χ2v) is 7.73. The third kappa shape index (κ3) is 4.48. The summed E-state index contributed by atoms with van der Waals surface area (Å²) in [5, 5.41) is 31.2. The van der Waals surface area contributed by atoms with Crippen LogP contribution in [0.15, 0.2) is 12.1 Å². The molecule has 1 aromatic heterocycles. The predicted molar refractivity (Wildman–Crippen MR) is 107 cm³/mol. The van der Waals surface area contributed by atoms with E-state index in [-0.39, 0.29) is 12.2 Å². The molecule has 0 aliphatic heterocycles. The monoisotopic (exact) mass is 435 g/mol. The molecule has 0 fully saturated rings. The van der Waals surface area contributed by atoms with Crippen molar-refractivity contribution >= 4 is 34.2 Å². The van der Waals surface area contributed by atoms with Gasteiger partial charge in [-0.3, -0.25) is 4.79 Å². The minimum Gasteiger partial charge on any atom is -0.504 e. The number of benzene rings is 1. The number of thiophene rings is 1. The largest absolute Gasteiger partial charge is 0.504 e. The van der Waals surface area contributed by atoms with Crippen molar-refractivity contribution < 1.29 is 39.2 Å². The lowest BCUT2D eigenvalue weighted by Crippen LogP contribution is -2.22. The molecule has 0 unspecified atom stereocenters. The van der Waals surface area contributed by atoms with Gasteiger partial charge < -0.3 is 30.1 Å². The molecule has 30 heavy (non-hydrogen) atoms. The van der Waals surface area contributed by atoms with Crippen molar-refractivity contribution in [3.63, 3.8) is 0 Å². The quantitative estimate of drug-likeness (QED) is 0.401. The van der Waals surface area contributed by atoms with Gasteiger partial charge in [0.1, 0.15) is 5.00 Å². The summed E-state index contributed by atoms with van der Waals surface area (Å²) in [6.07, 6.45) is 3.52. The Morgan fingerprint density at radius 3 is 2.37 bits per heavy atom. The van der Waals surface area contributed by atoms with Gasteiger partial charge >= 0.3 is 11.9 Å². The number of aryl methyl sites for hydroxylation is 1. The molecule has 0 saturated carbocycles. The van der Waals surface area contributed by atoms with Crippen LogP contribution in [-0.4, -0.2) is 46.4 Å². The third-order valence-corrected chi connectivity index (χ3v) is 5.75. The van der Waals surface area contributed by atoms with Gasteiger partial charge in [-0.2, -0.15) is 0 Å². The number of ether oxygens (including phenoxy) is 2. The van der Waals surface area contributed by atoms with E-state index in [9.17, 15) is 29.7 Å². The minimum atomic E-state index is -0.980. The van der Waals surface area contributed by atoms with E-state index in [0.717, 1.165) is 48.3 Å². The fraction of sp³-hybridized carbons (Fsp3) is 0.350. The Balaban J connectivity index is 1.70. The van der Waals surface area contributed by atoms with Crippen molar-refractivity contribution in [2.75, 3.05) is 18.5 Å². The first-order valence-electron chi connectivity index (χ1n) is 9.35. The second kappa shape index (κ2) is 9.04. The van der Waals surface area contributed by atoms with E-state index in [1.807, 2.05) is 0 Å². The van der Waals surface area contributed by atoms with Crippen molar-refractivity contribution in [3.05, 3.63) is 33.7 Å². The first kappa shape index (κ1) is 21.4. The molecule has 0 spiro atoms. The minimum absolute atomic E-state index is 0.209. The SMILES string of the molecule is CCOC(=O)c1c(NC(=O)COC(=O)c2cc(O)c(O)c(O)c2)sc2c1CCCC2. The van der Waals surface area contributed by atoms with Crippen LogP contribution in [0.1, 0.15) is 50.9 Å². The van der Waals surface area contributed by atoms with Gasteiger partial charge in [0.25, 0.3) is 5.91 Å². The zero-order valence-corrected chi connectivity index (χ0v) is 17.0. The number of hydrogen-bond donors (Lipinski definition) is 4. The van der Waals surface area contributed by atoms with Crippen LogP contribution >= 0.6 is 11.3 Å². The maximum absolute atomic E-state index is 12.4. The van der Waals surface area contributed by atoms with Gasteiger partial charge in [0.2, 0.25) is 0 Å². The lowest BCUT2D eigenvalue weighted by molar-refractivity contribution is -0.119. The van der Waals surface area contributed by atoms with Gasteiger partial charge in [-0.25, -0.2) is 9.59 Å². The number of carbonyl (C=O) groups is 3. The summed E-state index contributed by atoms with van der Waals surface area (Å²) in [6, 6.07) is 1.81. The highest BCUT2D eigenvalue weighted by molar-refractivity contribution is 7.17. The summed E-state index contributed by atoms with van der Waals surface area (Å²) >= 11 is 1.31. The standard InChI is InChI=1S/C20H21NO8S/c1-2-28-20(27)16-11-5-3-4-6-14(11)30-18(16)21-15(24)9-29-19(26)10-7-12(22)17(25)13(23)8-10/h7-8,22-23,25H,2-6,9H2,1H3,(H,21,24). The molecule has 0 saturated heterocycles. The zero-order valence-electron chi connectivity index (χ0n) is 16.2. The number of hydrogen-bond acceptors (Lipinski definition) is 9. The van der Waals surface area contributed by atoms with Gasteiger partial charge in [0, 0.05) is 4.88 Å². The summed E-state index contributed by atoms with van der Waals surface area (Å²) < 4.78 is 10.0. The molecule has 160 valence electrons. The number of anilines is 1. The number of phenols is 3. The lowest BCUT2D eigenvalue weighted by atomic mass is 9.95. The van der Waals surface area contributed by atoms with Gasteiger partial charge in [-0.15, -0.1) is 11.3 Å². The fourth-order valence-corrected chi connectivity index (χ4v) is 4.47. The number of phenolic OH excluding ortho intramolecular Hbond substituents is 3. The molecule has 1 aliphatic carbocycles. The molecule has 1 aromatic carbocycles. The first-order chi connectivity index (χ1) is 14.3. The smallest absolute Gasteiger partial charge is 0.341 e. The average molecular weight is 435 g/mol. The average Bonchev–Trinajstić information content (AvgIpc) is 3.07. The molecule has 10 heteroatoms. The zero-order chi connectivity index (χ0) is 21.8. The Bertz CT molecular complexity index is 974. The maximum atomic E-state index is 12.4. The Kier molecular flexibility index (Phi) is 6.46. The highest BCUT2D eigenvalue weighted by atomic mass is 32.1. The van der Waals surface area contributed by atoms with E-state index >= 15 is 0 Å².